The predicted molar refractivity (Wildman–Crippen MR) is 67.1 cm³/mol. The first kappa shape index (κ1) is 16.2. The fourth-order valence-electron chi connectivity index (χ4n) is 1.07. The number of rotatable bonds is 5. The van der Waals surface area contributed by atoms with Crippen LogP contribution < -0.4 is 5.32 Å². The maximum atomic E-state index is 11.8. The molecule has 0 radical (unpaired) electrons. The molecule has 0 saturated carbocycles. The topological polar surface area (TPSA) is 51.2 Å². The predicted octanol–water partition coefficient (Wildman–Crippen LogP) is 3.41. The fourth-order valence-corrected chi connectivity index (χ4v) is 1.52. The summed E-state index contributed by atoms with van der Waals surface area (Å²) in [5, 5.41) is 2.70. The first-order valence-electron chi connectivity index (χ1n) is 5.03. The molecule has 0 aliphatic heterocycles. The van der Waals surface area contributed by atoms with E-state index in [9.17, 15) is 18.0 Å². The summed E-state index contributed by atoms with van der Waals surface area (Å²) >= 11 is 8.79. The molecular formula is C10H9BrClF3N2O2. The number of aromatic nitrogens is 1. The van der Waals surface area contributed by atoms with E-state index in [0.717, 1.165) is 0 Å². The molecule has 1 amide bonds. The molecule has 0 fully saturated rings. The number of hydrogen-bond acceptors (Lipinski definition) is 3. The Hall–Kier alpha value is -0.860. The second kappa shape index (κ2) is 7.06. The Balaban J connectivity index is 2.33. The quantitative estimate of drug-likeness (QED) is 0.646. The maximum Gasteiger partial charge on any atom is 0.411 e. The molecule has 1 aromatic rings. The maximum absolute atomic E-state index is 11.8. The molecule has 0 unspecified atom stereocenters. The highest BCUT2D eigenvalue weighted by atomic mass is 79.9. The molecule has 19 heavy (non-hydrogen) atoms. The number of carbonyl (C=O) groups is 1. The van der Waals surface area contributed by atoms with E-state index in [1.165, 1.54) is 12.3 Å². The Bertz CT molecular complexity index is 457. The van der Waals surface area contributed by atoms with Gasteiger partial charge in [-0.15, -0.1) is 0 Å². The molecule has 0 aliphatic rings. The highest BCUT2D eigenvalue weighted by Crippen LogP contribution is 2.22. The van der Waals surface area contributed by atoms with Crippen molar-refractivity contribution in [2.24, 2.45) is 0 Å². The molecule has 0 aromatic carbocycles. The number of nitrogens with zero attached hydrogens (tertiary/aromatic N) is 1. The molecule has 1 rings (SSSR count). The number of ether oxygens (including phenoxy) is 1. The number of anilines is 1. The smallest absolute Gasteiger partial charge is 0.372 e. The van der Waals surface area contributed by atoms with Gasteiger partial charge in [-0.25, -0.2) is 4.98 Å². The summed E-state index contributed by atoms with van der Waals surface area (Å²) in [6, 6.07) is 1.53. The summed E-state index contributed by atoms with van der Waals surface area (Å²) in [5.74, 6) is -0.474. The van der Waals surface area contributed by atoms with Crippen LogP contribution in [-0.4, -0.2) is 30.3 Å². The summed E-state index contributed by atoms with van der Waals surface area (Å²) in [7, 11) is 0. The zero-order valence-corrected chi connectivity index (χ0v) is 11.8. The number of pyridine rings is 1. The van der Waals surface area contributed by atoms with Crippen molar-refractivity contribution in [1.82, 2.24) is 4.98 Å². The highest BCUT2D eigenvalue weighted by molar-refractivity contribution is 9.10. The van der Waals surface area contributed by atoms with E-state index in [1.54, 1.807) is 0 Å². The van der Waals surface area contributed by atoms with Crippen molar-refractivity contribution in [2.45, 2.75) is 12.6 Å². The van der Waals surface area contributed by atoms with Gasteiger partial charge in [0.2, 0.25) is 5.91 Å². The standard InChI is InChI=1S/C10H9BrClF3N2O2/c11-7-3-6(4-16-9(7)12)17-8(18)1-2-19-5-10(13,14)15/h3-4H,1-2,5H2,(H,17,18). The molecule has 0 spiro atoms. The van der Waals surface area contributed by atoms with Gasteiger partial charge < -0.3 is 10.1 Å². The van der Waals surface area contributed by atoms with Crippen LogP contribution in [0.5, 0.6) is 0 Å². The number of nitrogens with one attached hydrogen (secondary N) is 1. The molecule has 9 heteroatoms. The van der Waals surface area contributed by atoms with Gasteiger partial charge in [0.15, 0.2) is 0 Å². The summed E-state index contributed by atoms with van der Waals surface area (Å²) < 4.78 is 40.1. The first-order chi connectivity index (χ1) is 8.78. The van der Waals surface area contributed by atoms with Gasteiger partial charge in [0, 0.05) is 0 Å². The molecule has 1 aromatic heterocycles. The normalized spacial score (nSPS) is 11.4. The lowest BCUT2D eigenvalue weighted by atomic mass is 10.3. The summed E-state index contributed by atoms with van der Waals surface area (Å²) in [6.45, 7) is -1.68. The van der Waals surface area contributed by atoms with Crippen LogP contribution in [0, 0.1) is 0 Å². The Morgan fingerprint density at radius 3 is 2.79 bits per heavy atom. The van der Waals surface area contributed by atoms with Gasteiger partial charge in [-0.3, -0.25) is 4.79 Å². The van der Waals surface area contributed by atoms with Gasteiger partial charge >= 0.3 is 6.18 Å². The van der Waals surface area contributed by atoms with Crippen molar-refractivity contribution in [1.29, 1.82) is 0 Å². The van der Waals surface area contributed by atoms with Gasteiger partial charge in [-0.05, 0) is 22.0 Å². The van der Waals surface area contributed by atoms with Crippen LogP contribution in [0.4, 0.5) is 18.9 Å². The minimum atomic E-state index is -4.39. The van der Waals surface area contributed by atoms with Crippen LogP contribution in [-0.2, 0) is 9.53 Å². The van der Waals surface area contributed by atoms with Crippen molar-refractivity contribution in [2.75, 3.05) is 18.5 Å². The van der Waals surface area contributed by atoms with E-state index in [-0.39, 0.29) is 18.2 Å². The van der Waals surface area contributed by atoms with E-state index < -0.39 is 18.7 Å². The zero-order chi connectivity index (χ0) is 14.5. The van der Waals surface area contributed by atoms with Crippen molar-refractivity contribution >= 4 is 39.1 Å². The van der Waals surface area contributed by atoms with Crippen molar-refractivity contribution in [3.63, 3.8) is 0 Å². The van der Waals surface area contributed by atoms with Crippen LogP contribution in [0.1, 0.15) is 6.42 Å². The number of alkyl halides is 3. The largest absolute Gasteiger partial charge is 0.411 e. The van der Waals surface area contributed by atoms with Crippen molar-refractivity contribution < 1.29 is 22.7 Å². The Labute approximate surface area is 120 Å². The van der Waals surface area contributed by atoms with E-state index >= 15 is 0 Å². The monoisotopic (exact) mass is 360 g/mol. The molecule has 0 atom stereocenters. The third-order valence-corrected chi connectivity index (χ3v) is 2.95. The number of hydrogen-bond donors (Lipinski definition) is 1. The van der Waals surface area contributed by atoms with Crippen LogP contribution in [0.25, 0.3) is 0 Å². The molecule has 1 N–H and O–H groups in total. The molecule has 106 valence electrons. The number of amides is 1. The van der Waals surface area contributed by atoms with Gasteiger partial charge in [-0.1, -0.05) is 11.6 Å². The molecule has 0 aliphatic carbocycles. The first-order valence-corrected chi connectivity index (χ1v) is 6.20. The van der Waals surface area contributed by atoms with Gasteiger partial charge in [0.25, 0.3) is 0 Å². The molecule has 4 nitrogen and oxygen atoms in total. The minimum absolute atomic E-state index is 0.184. The average Bonchev–Trinajstić information content (AvgIpc) is 2.28. The highest BCUT2D eigenvalue weighted by Gasteiger charge is 2.27. The molecule has 0 saturated heterocycles. The van der Waals surface area contributed by atoms with Gasteiger partial charge in [-0.2, -0.15) is 13.2 Å². The van der Waals surface area contributed by atoms with Crippen LogP contribution >= 0.6 is 27.5 Å². The lowest BCUT2D eigenvalue weighted by molar-refractivity contribution is -0.174. The third kappa shape index (κ3) is 6.74. The van der Waals surface area contributed by atoms with E-state index in [2.05, 4.69) is 31.0 Å². The van der Waals surface area contributed by atoms with Crippen LogP contribution in [0.15, 0.2) is 16.7 Å². The van der Waals surface area contributed by atoms with Crippen molar-refractivity contribution in [3.8, 4) is 0 Å². The Morgan fingerprint density at radius 1 is 1.53 bits per heavy atom. The molecular weight excluding hydrogens is 352 g/mol. The molecule has 0 bridgehead atoms. The summed E-state index contributed by atoms with van der Waals surface area (Å²) in [5.41, 5.74) is 0.386. The SMILES string of the molecule is O=C(CCOCC(F)(F)F)Nc1cnc(Cl)c(Br)c1. The van der Waals surface area contributed by atoms with Gasteiger partial charge in [0.05, 0.1) is 29.4 Å². The Kier molecular flexibility index (Phi) is 6.02. The second-order valence-electron chi connectivity index (χ2n) is 3.46. The minimum Gasteiger partial charge on any atom is -0.372 e. The van der Waals surface area contributed by atoms with Crippen LogP contribution in [0.2, 0.25) is 5.15 Å². The lowest BCUT2D eigenvalue weighted by Gasteiger charge is -2.08. The summed E-state index contributed by atoms with van der Waals surface area (Å²) in [4.78, 5) is 15.2. The van der Waals surface area contributed by atoms with Gasteiger partial charge in [0.1, 0.15) is 11.8 Å². The average molecular weight is 362 g/mol. The number of halogens is 5. The summed E-state index contributed by atoms with van der Waals surface area (Å²) in [6.07, 6.45) is -3.24. The number of carbonyl (C=O) groups excluding carboxylic acids is 1. The van der Waals surface area contributed by atoms with E-state index in [1.807, 2.05) is 0 Å². The molecule has 1 heterocycles. The third-order valence-electron chi connectivity index (χ3n) is 1.82. The van der Waals surface area contributed by atoms with Crippen molar-refractivity contribution in [3.05, 3.63) is 21.9 Å². The fraction of sp³-hybridized carbons (Fsp3) is 0.400. The van der Waals surface area contributed by atoms with Crippen LogP contribution in [0.3, 0.4) is 0 Å². The Morgan fingerprint density at radius 2 is 2.21 bits per heavy atom. The van der Waals surface area contributed by atoms with E-state index in [0.29, 0.717) is 10.2 Å². The van der Waals surface area contributed by atoms with E-state index in [4.69, 9.17) is 11.6 Å². The lowest BCUT2D eigenvalue weighted by Crippen LogP contribution is -2.20. The zero-order valence-electron chi connectivity index (χ0n) is 9.43. The second-order valence-corrected chi connectivity index (χ2v) is 4.67.